The van der Waals surface area contributed by atoms with Gasteiger partial charge in [0.15, 0.2) is 0 Å². The maximum absolute atomic E-state index is 9.43. The molecule has 2 heteroatoms. The van der Waals surface area contributed by atoms with Crippen molar-refractivity contribution < 1.29 is 0 Å². The van der Waals surface area contributed by atoms with Gasteiger partial charge < -0.3 is 0 Å². The Hall–Kier alpha value is -0.550. The fourth-order valence-corrected chi connectivity index (χ4v) is 3.91. The Bertz CT molecular complexity index is 294. The molecule has 2 rings (SSSR count). The molecule has 0 radical (unpaired) electrons. The van der Waals surface area contributed by atoms with Gasteiger partial charge in [-0.3, -0.25) is 4.90 Å². The Labute approximate surface area is 112 Å². The molecule has 0 bridgehead atoms. The molecule has 1 aliphatic carbocycles. The third kappa shape index (κ3) is 3.06. The highest BCUT2D eigenvalue weighted by Crippen LogP contribution is 2.36. The smallest absolute Gasteiger partial charge is 0.0672 e. The molecule has 1 saturated heterocycles. The molecule has 0 N–H and O–H groups in total. The van der Waals surface area contributed by atoms with E-state index in [0.29, 0.717) is 12.1 Å². The summed E-state index contributed by atoms with van der Waals surface area (Å²) >= 11 is 0. The summed E-state index contributed by atoms with van der Waals surface area (Å²) in [6.07, 6.45) is 10.4. The minimum Gasteiger partial charge on any atom is -0.296 e. The summed E-state index contributed by atoms with van der Waals surface area (Å²) in [6, 6.07) is 3.82. The first-order valence-electron chi connectivity index (χ1n) is 7.91. The second-order valence-corrected chi connectivity index (χ2v) is 6.33. The van der Waals surface area contributed by atoms with E-state index in [-0.39, 0.29) is 5.92 Å². The van der Waals surface area contributed by atoms with Crippen LogP contribution in [0.5, 0.6) is 0 Å². The van der Waals surface area contributed by atoms with E-state index >= 15 is 0 Å². The van der Waals surface area contributed by atoms with Gasteiger partial charge in [0.25, 0.3) is 0 Å². The SMILES string of the molecule is CCC1CCC(C#N)C(N2CCCCCC2C)C1. The van der Waals surface area contributed by atoms with E-state index in [0.717, 1.165) is 12.3 Å². The molecular formula is C16H28N2. The zero-order chi connectivity index (χ0) is 13.0. The molecule has 1 aliphatic heterocycles. The number of hydrogen-bond donors (Lipinski definition) is 0. The van der Waals surface area contributed by atoms with Crippen LogP contribution >= 0.6 is 0 Å². The minimum absolute atomic E-state index is 0.286. The van der Waals surface area contributed by atoms with Crippen LogP contribution in [0.15, 0.2) is 0 Å². The monoisotopic (exact) mass is 248 g/mol. The predicted molar refractivity (Wildman–Crippen MR) is 75.2 cm³/mol. The minimum atomic E-state index is 0.286. The second-order valence-electron chi connectivity index (χ2n) is 6.33. The Balaban J connectivity index is 2.08. The summed E-state index contributed by atoms with van der Waals surface area (Å²) in [6.45, 7) is 5.90. The first kappa shape index (κ1) is 13.9. The van der Waals surface area contributed by atoms with Crippen LogP contribution in [0.4, 0.5) is 0 Å². The molecule has 0 amide bonds. The summed E-state index contributed by atoms with van der Waals surface area (Å²) in [5, 5.41) is 9.43. The van der Waals surface area contributed by atoms with Gasteiger partial charge in [0.1, 0.15) is 0 Å². The van der Waals surface area contributed by atoms with Crippen LogP contribution in [0.1, 0.15) is 65.2 Å². The first-order chi connectivity index (χ1) is 8.76. The van der Waals surface area contributed by atoms with Crippen molar-refractivity contribution >= 4 is 0 Å². The van der Waals surface area contributed by atoms with Gasteiger partial charge in [-0.05, 0) is 51.5 Å². The summed E-state index contributed by atoms with van der Waals surface area (Å²) in [7, 11) is 0. The van der Waals surface area contributed by atoms with Crippen LogP contribution in [0, 0.1) is 23.2 Å². The largest absolute Gasteiger partial charge is 0.296 e. The molecule has 0 aromatic rings. The van der Waals surface area contributed by atoms with Crippen molar-refractivity contribution in [3.63, 3.8) is 0 Å². The first-order valence-corrected chi connectivity index (χ1v) is 7.91. The average molecular weight is 248 g/mol. The van der Waals surface area contributed by atoms with Gasteiger partial charge in [0.2, 0.25) is 0 Å². The fraction of sp³-hybridized carbons (Fsp3) is 0.938. The van der Waals surface area contributed by atoms with Gasteiger partial charge in [0.05, 0.1) is 12.0 Å². The standard InChI is InChI=1S/C16H28N2/c1-3-14-8-9-15(12-17)16(11-14)18-10-6-4-5-7-13(18)2/h13-16H,3-11H2,1-2H3. The van der Waals surface area contributed by atoms with Crippen molar-refractivity contribution in [3.05, 3.63) is 0 Å². The van der Waals surface area contributed by atoms with E-state index in [1.165, 1.54) is 51.5 Å². The van der Waals surface area contributed by atoms with Gasteiger partial charge in [-0.25, -0.2) is 0 Å². The van der Waals surface area contributed by atoms with Gasteiger partial charge in [-0.15, -0.1) is 0 Å². The molecule has 0 aromatic carbocycles. The molecule has 102 valence electrons. The molecule has 4 atom stereocenters. The van der Waals surface area contributed by atoms with Gasteiger partial charge in [-0.2, -0.15) is 5.26 Å². The Morgan fingerprint density at radius 2 is 2.00 bits per heavy atom. The van der Waals surface area contributed by atoms with Crippen LogP contribution in [-0.4, -0.2) is 23.5 Å². The molecule has 0 aromatic heterocycles. The lowest BCUT2D eigenvalue weighted by molar-refractivity contribution is 0.0696. The number of nitrogens with zero attached hydrogens (tertiary/aromatic N) is 2. The normalized spacial score (nSPS) is 38.9. The zero-order valence-electron chi connectivity index (χ0n) is 12.1. The number of hydrogen-bond acceptors (Lipinski definition) is 2. The Morgan fingerprint density at radius 1 is 1.17 bits per heavy atom. The highest BCUT2D eigenvalue weighted by molar-refractivity contribution is 4.98. The van der Waals surface area contributed by atoms with E-state index in [2.05, 4.69) is 24.8 Å². The molecule has 1 saturated carbocycles. The van der Waals surface area contributed by atoms with Crippen molar-refractivity contribution in [2.45, 2.75) is 77.3 Å². The van der Waals surface area contributed by atoms with Gasteiger partial charge in [0, 0.05) is 12.1 Å². The maximum atomic E-state index is 9.43. The van der Waals surface area contributed by atoms with E-state index in [1.807, 2.05) is 0 Å². The second kappa shape index (κ2) is 6.57. The third-order valence-electron chi connectivity index (χ3n) is 5.20. The molecule has 2 aliphatic rings. The molecule has 2 nitrogen and oxygen atoms in total. The lowest BCUT2D eigenvalue weighted by Crippen LogP contribution is -2.48. The molecule has 2 fully saturated rings. The van der Waals surface area contributed by atoms with Gasteiger partial charge >= 0.3 is 0 Å². The van der Waals surface area contributed by atoms with Crippen molar-refractivity contribution in [1.29, 1.82) is 5.26 Å². The van der Waals surface area contributed by atoms with Crippen molar-refractivity contribution in [3.8, 4) is 6.07 Å². The van der Waals surface area contributed by atoms with Gasteiger partial charge in [-0.1, -0.05) is 26.2 Å². The third-order valence-corrected chi connectivity index (χ3v) is 5.20. The molecule has 18 heavy (non-hydrogen) atoms. The number of rotatable bonds is 2. The van der Waals surface area contributed by atoms with Crippen LogP contribution in [-0.2, 0) is 0 Å². The van der Waals surface area contributed by atoms with Crippen molar-refractivity contribution in [2.24, 2.45) is 11.8 Å². The summed E-state index contributed by atoms with van der Waals surface area (Å²) < 4.78 is 0. The van der Waals surface area contributed by atoms with Crippen LogP contribution in [0.25, 0.3) is 0 Å². The molecular weight excluding hydrogens is 220 g/mol. The van der Waals surface area contributed by atoms with E-state index < -0.39 is 0 Å². The topological polar surface area (TPSA) is 27.0 Å². The zero-order valence-corrected chi connectivity index (χ0v) is 12.1. The molecule has 1 heterocycles. The number of likely N-dealkylation sites (tertiary alicyclic amines) is 1. The van der Waals surface area contributed by atoms with Crippen molar-refractivity contribution in [2.75, 3.05) is 6.54 Å². The highest BCUT2D eigenvalue weighted by atomic mass is 15.2. The lowest BCUT2D eigenvalue weighted by Gasteiger charge is -2.42. The number of nitriles is 1. The summed E-state index contributed by atoms with van der Waals surface area (Å²) in [5.41, 5.74) is 0. The summed E-state index contributed by atoms with van der Waals surface area (Å²) in [4.78, 5) is 2.68. The van der Waals surface area contributed by atoms with Crippen LogP contribution in [0.3, 0.4) is 0 Å². The van der Waals surface area contributed by atoms with E-state index in [9.17, 15) is 5.26 Å². The maximum Gasteiger partial charge on any atom is 0.0672 e. The Morgan fingerprint density at radius 3 is 2.72 bits per heavy atom. The van der Waals surface area contributed by atoms with E-state index in [1.54, 1.807) is 0 Å². The average Bonchev–Trinajstić information content (AvgIpc) is 2.62. The molecule has 4 unspecified atom stereocenters. The lowest BCUT2D eigenvalue weighted by atomic mass is 9.76. The predicted octanol–water partition coefficient (Wildman–Crippen LogP) is 3.97. The molecule has 0 spiro atoms. The highest BCUT2D eigenvalue weighted by Gasteiger charge is 2.35. The summed E-state index contributed by atoms with van der Waals surface area (Å²) in [5.74, 6) is 1.14. The van der Waals surface area contributed by atoms with Crippen LogP contribution < -0.4 is 0 Å². The fourth-order valence-electron chi connectivity index (χ4n) is 3.91. The van der Waals surface area contributed by atoms with Crippen molar-refractivity contribution in [1.82, 2.24) is 4.90 Å². The quantitative estimate of drug-likeness (QED) is 0.739. The Kier molecular flexibility index (Phi) is 5.06. The van der Waals surface area contributed by atoms with E-state index in [4.69, 9.17) is 0 Å². The van der Waals surface area contributed by atoms with Crippen LogP contribution in [0.2, 0.25) is 0 Å².